The maximum absolute atomic E-state index is 15.0. The highest BCUT2D eigenvalue weighted by Gasteiger charge is 2.44. The van der Waals surface area contributed by atoms with E-state index in [-0.39, 0.29) is 102 Å². The number of hydrogen-bond donors (Lipinski definition) is 18. The zero-order chi connectivity index (χ0) is 71.1. The Hall–Kier alpha value is -10.5. The maximum atomic E-state index is 15.0. The molecule has 3 heterocycles. The number of amides is 12. The lowest BCUT2D eigenvalue weighted by molar-refractivity contribution is -0.152. The molecule has 35 nitrogen and oxygen atoms in total. The van der Waals surface area contributed by atoms with Crippen molar-refractivity contribution in [2.24, 2.45) is 44.4 Å². The van der Waals surface area contributed by atoms with Crippen LogP contribution >= 0.6 is 0 Å². The number of aliphatic hydroxyl groups is 1. The van der Waals surface area contributed by atoms with Gasteiger partial charge in [-0.2, -0.15) is 5.48 Å². The van der Waals surface area contributed by atoms with Crippen molar-refractivity contribution in [1.29, 1.82) is 0 Å². The van der Waals surface area contributed by atoms with E-state index < -0.39 is 170 Å². The standard InChI is InChI=1S/C62H92N20O15/c1-3-4-17-42(75-50(86)32-72-53(89)41(20-12-24-69-61(65)66)77-58(94)47(30-49(63)85)74-34(2)83)54(90)79-44-22-23-51(87)97-73-26-11-10-19-40(52(64)88)76-57(93)46(28-36-31-71-39-18-9-8-16-38(36)39)80-55(91)43(21-13-25-70-62(67)68)78-56(92)45(27-35-14-6-5-7-15-35)81-59(95)48-29-37(84)33-82(48)60(44)96/h5-9,14-16,18,31,37,40-48,71,73,84H,3-4,10-13,17,19-30,32-33H2,1-2H3,(H2,63,85)(H2,64,88)(H,72,89)(H,74,83)(H,75,86)(H,76,93)(H,77,94)(H,78,92)(H,79,90)(H,80,91)(H,81,95)(H4,65,66,69)(H4,67,68,70)/t37?,40-,41-,42-,43-,44-,45+,46-,47-,48-/m0/s1. The van der Waals surface area contributed by atoms with Crippen LogP contribution in [0.25, 0.3) is 10.9 Å². The van der Waals surface area contributed by atoms with Crippen molar-refractivity contribution >= 4 is 99.7 Å². The number of fused-ring (bicyclic) bond motifs is 2. The van der Waals surface area contributed by atoms with Gasteiger partial charge < -0.3 is 102 Å². The van der Waals surface area contributed by atoms with Gasteiger partial charge in [-0.3, -0.25) is 72.3 Å². The van der Waals surface area contributed by atoms with Gasteiger partial charge in [0.2, 0.25) is 70.9 Å². The molecule has 2 fully saturated rings. The summed E-state index contributed by atoms with van der Waals surface area (Å²) in [7, 11) is 0. The number of hydroxylamine groups is 1. The Morgan fingerprint density at radius 1 is 0.691 bits per heavy atom. The molecule has 0 bridgehead atoms. The molecule has 1 unspecified atom stereocenters. The normalized spacial score (nSPS) is 21.1. The number of aliphatic imine (C=N–C) groups is 2. The number of carbonyl (C=O) groups is 13. The highest BCUT2D eigenvalue weighted by Crippen LogP contribution is 2.23. The van der Waals surface area contributed by atoms with Crippen LogP contribution in [0.5, 0.6) is 0 Å². The van der Waals surface area contributed by atoms with Gasteiger partial charge in [0.1, 0.15) is 54.4 Å². The van der Waals surface area contributed by atoms with Gasteiger partial charge in [-0.1, -0.05) is 68.3 Å². The number of primary amides is 2. The largest absolute Gasteiger partial charge is 0.391 e. The van der Waals surface area contributed by atoms with Gasteiger partial charge in [-0.05, 0) is 75.0 Å². The summed E-state index contributed by atoms with van der Waals surface area (Å²) in [6, 6.07) is 2.64. The molecular formula is C62H92N20O15. The highest BCUT2D eigenvalue weighted by atomic mass is 16.7. The van der Waals surface area contributed by atoms with E-state index in [1.807, 2.05) is 18.2 Å². The summed E-state index contributed by atoms with van der Waals surface area (Å²) in [5, 5.41) is 35.1. The summed E-state index contributed by atoms with van der Waals surface area (Å²) in [6.45, 7) is 1.68. The Bertz CT molecular complexity index is 3290. The number of hydrogen-bond acceptors (Lipinski definition) is 18. The Morgan fingerprint density at radius 3 is 2.00 bits per heavy atom. The SMILES string of the molecule is CCCC[C@H](NC(=O)CNC(=O)[C@H](CCCN=C(N)N)NC(=O)[C@H](CC(N)=O)NC(C)=O)C(=O)N[C@H]1CCC(=O)ONCCCC[C@@H](C(N)=O)NC(=O)[C@H](Cc2c[nH]c3ccccc23)NC(=O)[C@H](CCCN=C(N)N)NC(=O)[C@@H](Cc2ccccc2)NC(=O)[C@@H]2CC(O)CN2C1=O. The second kappa shape index (κ2) is 39.4. The van der Waals surface area contributed by atoms with Crippen LogP contribution < -0.4 is 87.7 Å². The Balaban J connectivity index is 1.46. The van der Waals surface area contributed by atoms with Crippen LogP contribution in [0.4, 0.5) is 0 Å². The summed E-state index contributed by atoms with van der Waals surface area (Å²) in [5.74, 6) is -12.1. The van der Waals surface area contributed by atoms with Gasteiger partial charge >= 0.3 is 5.97 Å². The van der Waals surface area contributed by atoms with Gasteiger partial charge in [0.15, 0.2) is 11.9 Å². The van der Waals surface area contributed by atoms with Crippen LogP contribution in [-0.4, -0.2) is 197 Å². The average molecular weight is 1360 g/mol. The fourth-order valence-electron chi connectivity index (χ4n) is 10.9. The molecule has 0 saturated carbocycles. The molecule has 1 aromatic heterocycles. The number of aromatic nitrogens is 1. The lowest BCUT2D eigenvalue weighted by atomic mass is 10.0. The number of benzene rings is 2. The molecule has 0 radical (unpaired) electrons. The number of nitrogens with zero attached hydrogens (tertiary/aromatic N) is 3. The predicted octanol–water partition coefficient (Wildman–Crippen LogP) is -5.40. The Labute approximate surface area is 559 Å². The summed E-state index contributed by atoms with van der Waals surface area (Å²) < 4.78 is 0. The molecule has 2 saturated heterocycles. The molecule has 2 aliphatic rings. The summed E-state index contributed by atoms with van der Waals surface area (Å²) in [6.07, 6.45) is -0.720. The van der Waals surface area contributed by atoms with Crippen molar-refractivity contribution in [3.8, 4) is 0 Å². The zero-order valence-corrected chi connectivity index (χ0v) is 54.4. The van der Waals surface area contributed by atoms with Crippen LogP contribution in [0, 0.1) is 0 Å². The minimum absolute atomic E-state index is 0.00134. The first-order valence-corrected chi connectivity index (χ1v) is 32.1. The lowest BCUT2D eigenvalue weighted by Gasteiger charge is -2.31. The van der Waals surface area contributed by atoms with E-state index in [1.54, 1.807) is 49.5 Å². The number of nitrogens with two attached hydrogens (primary N) is 6. The molecule has 97 heavy (non-hydrogen) atoms. The van der Waals surface area contributed by atoms with Crippen LogP contribution in [0.15, 0.2) is 70.8 Å². The van der Waals surface area contributed by atoms with E-state index in [9.17, 15) is 62.6 Å². The first-order valence-electron chi connectivity index (χ1n) is 32.1. The summed E-state index contributed by atoms with van der Waals surface area (Å²) in [5.41, 5.74) is 37.6. The number of para-hydroxylation sites is 1. The molecule has 0 spiro atoms. The topological polar surface area (TPSA) is 572 Å². The molecule has 5 rings (SSSR count). The number of aliphatic hydroxyl groups excluding tert-OH is 1. The van der Waals surface area contributed by atoms with Gasteiger partial charge in [0.25, 0.3) is 0 Å². The predicted molar refractivity (Wildman–Crippen MR) is 352 cm³/mol. The second-order valence-electron chi connectivity index (χ2n) is 23.6. The maximum Gasteiger partial charge on any atom is 0.324 e. The minimum Gasteiger partial charge on any atom is -0.391 e. The van der Waals surface area contributed by atoms with E-state index in [0.717, 1.165) is 22.7 Å². The molecule has 2 aromatic carbocycles. The Kier molecular flexibility index (Phi) is 31.4. The van der Waals surface area contributed by atoms with E-state index in [1.165, 1.54) is 0 Å². The smallest absolute Gasteiger partial charge is 0.324 e. The molecule has 24 N–H and O–H groups in total. The molecule has 3 aromatic rings. The van der Waals surface area contributed by atoms with Crippen molar-refractivity contribution in [2.45, 2.75) is 177 Å². The van der Waals surface area contributed by atoms with Gasteiger partial charge in [0.05, 0.1) is 19.1 Å². The van der Waals surface area contributed by atoms with Crippen molar-refractivity contribution in [3.63, 3.8) is 0 Å². The third kappa shape index (κ3) is 26.3. The number of rotatable bonds is 27. The number of nitrogens with one attached hydrogen (secondary N) is 11. The number of guanidine groups is 2. The zero-order valence-electron chi connectivity index (χ0n) is 54.4. The van der Waals surface area contributed by atoms with Crippen LogP contribution in [-0.2, 0) is 80.0 Å². The summed E-state index contributed by atoms with van der Waals surface area (Å²) in [4.78, 5) is 196. The van der Waals surface area contributed by atoms with Gasteiger partial charge in [-0.25, -0.2) is 0 Å². The number of unbranched alkanes of at least 4 members (excludes halogenated alkanes) is 1. The van der Waals surface area contributed by atoms with E-state index in [4.69, 9.17) is 39.2 Å². The van der Waals surface area contributed by atoms with Crippen molar-refractivity contribution in [1.82, 2.24) is 63.2 Å². The third-order valence-electron chi connectivity index (χ3n) is 15.8. The number of aromatic amines is 1. The molecule has 2 aliphatic heterocycles. The van der Waals surface area contributed by atoms with Crippen molar-refractivity contribution < 1.29 is 72.3 Å². The monoisotopic (exact) mass is 1360 g/mol. The third-order valence-corrected chi connectivity index (χ3v) is 15.8. The minimum atomic E-state index is -1.67. The van der Waals surface area contributed by atoms with Crippen LogP contribution in [0.1, 0.15) is 115 Å². The van der Waals surface area contributed by atoms with Gasteiger partial charge in [0, 0.05) is 75.9 Å². The fourth-order valence-corrected chi connectivity index (χ4v) is 10.9. The average Bonchev–Trinajstić information content (AvgIpc) is 1.72. The van der Waals surface area contributed by atoms with E-state index in [2.05, 4.69) is 68.3 Å². The first-order chi connectivity index (χ1) is 46.2. The second-order valence-corrected chi connectivity index (χ2v) is 23.6. The van der Waals surface area contributed by atoms with Crippen LogP contribution in [0.3, 0.4) is 0 Å². The van der Waals surface area contributed by atoms with Crippen molar-refractivity contribution in [2.75, 3.05) is 32.7 Å². The number of carbonyl (C=O) groups excluding carboxylic acids is 13. The van der Waals surface area contributed by atoms with Crippen LogP contribution in [0.2, 0.25) is 0 Å². The number of H-pyrrole nitrogens is 1. The van der Waals surface area contributed by atoms with Crippen molar-refractivity contribution in [3.05, 3.63) is 71.9 Å². The molecular weight excluding hydrogens is 1260 g/mol. The Morgan fingerprint density at radius 2 is 1.32 bits per heavy atom. The quantitative estimate of drug-likeness (QED) is 0.0192. The molecule has 12 amide bonds. The lowest BCUT2D eigenvalue weighted by Crippen LogP contribution is -2.60. The molecule has 35 heteroatoms. The summed E-state index contributed by atoms with van der Waals surface area (Å²) >= 11 is 0. The van der Waals surface area contributed by atoms with E-state index in [0.29, 0.717) is 24.0 Å². The van der Waals surface area contributed by atoms with E-state index >= 15 is 4.79 Å². The molecule has 530 valence electrons. The highest BCUT2D eigenvalue weighted by molar-refractivity contribution is 6.00. The first kappa shape index (κ1) is 77.3. The molecule has 10 atom stereocenters. The fraction of sp³-hybridized carbons (Fsp3) is 0.532. The van der Waals surface area contributed by atoms with Gasteiger partial charge in [-0.15, -0.1) is 0 Å². The molecule has 0 aliphatic carbocycles.